The summed E-state index contributed by atoms with van der Waals surface area (Å²) in [5, 5.41) is 20.6. The standard InChI is InChI=1S/C17H32N3O8PSi/c1-17(2,3)30(4,5)7-6-10-8-20(16(23)19-14(10)18)15-13(22)12(21)11(28-15)9-27-29(24,25)26/h8,11-13,15,21-22H,6-7,9H2,1-5H3,(H2,18,19,23)(H2,24,25,26)/t11?,12?,13-,15-/m1/s1. The molecule has 1 saturated heterocycles. The number of nitrogens with two attached hydrogens (primary N) is 1. The van der Waals surface area contributed by atoms with E-state index in [1.165, 1.54) is 6.20 Å². The first-order valence-corrected chi connectivity index (χ1v) is 14.4. The first-order chi connectivity index (χ1) is 13.5. The molecular formula is C17H32N3O8PSi. The van der Waals surface area contributed by atoms with Crippen LogP contribution in [0.5, 0.6) is 0 Å². The summed E-state index contributed by atoms with van der Waals surface area (Å²) in [6.45, 7) is 10.5. The van der Waals surface area contributed by atoms with Crippen LogP contribution >= 0.6 is 7.82 Å². The number of rotatable bonds is 7. The van der Waals surface area contributed by atoms with Crippen molar-refractivity contribution in [1.29, 1.82) is 0 Å². The molecule has 2 heterocycles. The van der Waals surface area contributed by atoms with Gasteiger partial charge in [0.25, 0.3) is 0 Å². The lowest BCUT2D eigenvalue weighted by molar-refractivity contribution is -0.0543. The fourth-order valence-electron chi connectivity index (χ4n) is 2.99. The topological polar surface area (TPSA) is 177 Å². The lowest BCUT2D eigenvalue weighted by atomic mass is 10.1. The summed E-state index contributed by atoms with van der Waals surface area (Å²) >= 11 is 0. The minimum absolute atomic E-state index is 0.101. The fraction of sp³-hybridized carbons (Fsp3) is 0.765. The molecular weight excluding hydrogens is 433 g/mol. The van der Waals surface area contributed by atoms with Gasteiger partial charge in [0, 0.05) is 11.8 Å². The van der Waals surface area contributed by atoms with E-state index >= 15 is 0 Å². The van der Waals surface area contributed by atoms with E-state index in [0.29, 0.717) is 12.0 Å². The van der Waals surface area contributed by atoms with Gasteiger partial charge in [-0.2, -0.15) is 4.98 Å². The Morgan fingerprint density at radius 2 is 1.90 bits per heavy atom. The van der Waals surface area contributed by atoms with Crippen LogP contribution in [0.1, 0.15) is 32.6 Å². The van der Waals surface area contributed by atoms with Gasteiger partial charge in [-0.3, -0.25) is 9.09 Å². The van der Waals surface area contributed by atoms with Gasteiger partial charge in [0.15, 0.2) is 6.23 Å². The van der Waals surface area contributed by atoms with Gasteiger partial charge in [0.2, 0.25) is 0 Å². The Morgan fingerprint density at radius 3 is 2.43 bits per heavy atom. The number of ether oxygens (including phenoxy) is 1. The Bertz CT molecular complexity index is 866. The number of aromatic nitrogens is 2. The molecule has 1 aliphatic rings. The van der Waals surface area contributed by atoms with Crippen LogP contribution < -0.4 is 11.4 Å². The van der Waals surface area contributed by atoms with E-state index < -0.39 is 52.7 Å². The monoisotopic (exact) mass is 465 g/mol. The second kappa shape index (κ2) is 8.79. The highest BCUT2D eigenvalue weighted by Gasteiger charge is 2.45. The molecule has 0 bridgehead atoms. The molecule has 0 spiro atoms. The Kier molecular flexibility index (Phi) is 7.37. The Balaban J connectivity index is 2.24. The maximum Gasteiger partial charge on any atom is 0.469 e. The normalized spacial score (nSPS) is 25.6. The highest BCUT2D eigenvalue weighted by Crippen LogP contribution is 2.40. The van der Waals surface area contributed by atoms with Crippen LogP contribution in [-0.4, -0.2) is 62.5 Å². The first-order valence-electron chi connectivity index (χ1n) is 9.63. The molecule has 1 fully saturated rings. The molecule has 0 radical (unpaired) electrons. The van der Waals surface area contributed by atoms with Gasteiger partial charge < -0.3 is 30.5 Å². The van der Waals surface area contributed by atoms with Gasteiger partial charge >= 0.3 is 13.5 Å². The van der Waals surface area contributed by atoms with Crippen molar-refractivity contribution in [3.05, 3.63) is 22.2 Å². The number of nitrogen functional groups attached to an aromatic ring is 1. The Morgan fingerprint density at radius 1 is 1.30 bits per heavy atom. The van der Waals surface area contributed by atoms with Gasteiger partial charge in [0.1, 0.15) is 24.1 Å². The Labute approximate surface area is 176 Å². The fourth-order valence-corrected chi connectivity index (χ4v) is 4.97. The third-order valence-corrected chi connectivity index (χ3v) is 12.2. The smallest absolute Gasteiger partial charge is 0.387 e. The van der Waals surface area contributed by atoms with Crippen LogP contribution in [0.2, 0.25) is 24.2 Å². The van der Waals surface area contributed by atoms with Crippen LogP contribution in [-0.2, 0) is 20.2 Å². The van der Waals surface area contributed by atoms with Crippen molar-refractivity contribution in [1.82, 2.24) is 9.55 Å². The second-order valence-electron chi connectivity index (χ2n) is 9.31. The van der Waals surface area contributed by atoms with Gasteiger partial charge in [-0.15, -0.1) is 0 Å². The third-order valence-electron chi connectivity index (χ3n) is 6.13. The largest absolute Gasteiger partial charge is 0.469 e. The molecule has 2 rings (SSSR count). The van der Waals surface area contributed by atoms with Crippen LogP contribution in [0.4, 0.5) is 5.82 Å². The zero-order valence-corrected chi connectivity index (χ0v) is 19.7. The predicted octanol–water partition coefficient (Wildman–Crippen LogP) is 0.605. The van der Waals surface area contributed by atoms with Crippen molar-refractivity contribution in [3.63, 3.8) is 0 Å². The number of aryl methyl sites for hydroxylation is 1. The van der Waals surface area contributed by atoms with Crippen LogP contribution in [0.3, 0.4) is 0 Å². The van der Waals surface area contributed by atoms with Gasteiger partial charge in [0.05, 0.1) is 14.7 Å². The van der Waals surface area contributed by atoms with E-state index in [9.17, 15) is 19.6 Å². The molecule has 1 aliphatic heterocycles. The van der Waals surface area contributed by atoms with Crippen molar-refractivity contribution < 1.29 is 33.8 Å². The third kappa shape index (κ3) is 5.77. The van der Waals surface area contributed by atoms with Gasteiger partial charge in [-0.05, 0) is 11.5 Å². The van der Waals surface area contributed by atoms with Crippen LogP contribution in [0, 0.1) is 0 Å². The number of phosphoric acid groups is 1. The summed E-state index contributed by atoms with van der Waals surface area (Å²) in [5.41, 5.74) is 5.80. The number of nitrogens with zero attached hydrogens (tertiary/aromatic N) is 2. The molecule has 0 amide bonds. The molecule has 1 aromatic heterocycles. The molecule has 11 nitrogen and oxygen atoms in total. The molecule has 4 atom stereocenters. The maximum atomic E-state index is 12.4. The number of hydrogen-bond donors (Lipinski definition) is 5. The SMILES string of the molecule is CC(C)(C)[Si](C)(C)CCc1cn([C@@H]2OC(COP(=O)(O)O)C(O)[C@H]2O)c(=O)nc1N. The van der Waals surface area contributed by atoms with Crippen molar-refractivity contribution in [3.8, 4) is 0 Å². The minimum Gasteiger partial charge on any atom is -0.387 e. The first kappa shape index (κ1) is 25.2. The minimum atomic E-state index is -4.79. The lowest BCUT2D eigenvalue weighted by Crippen LogP contribution is -2.38. The molecule has 13 heteroatoms. The Hall–Kier alpha value is -1.11. The van der Waals surface area contributed by atoms with Crippen molar-refractivity contribution in [2.75, 3.05) is 12.3 Å². The number of aliphatic hydroxyl groups is 2. The maximum absolute atomic E-state index is 12.4. The van der Waals surface area contributed by atoms with Gasteiger partial charge in [-0.1, -0.05) is 39.9 Å². The van der Waals surface area contributed by atoms with E-state index in [0.717, 1.165) is 10.6 Å². The number of hydrogen-bond acceptors (Lipinski definition) is 8. The highest BCUT2D eigenvalue weighted by atomic mass is 31.2. The van der Waals surface area contributed by atoms with E-state index in [2.05, 4.69) is 43.4 Å². The summed E-state index contributed by atoms with van der Waals surface area (Å²) in [4.78, 5) is 33.8. The summed E-state index contributed by atoms with van der Waals surface area (Å²) in [7, 11) is -6.40. The second-order valence-corrected chi connectivity index (χ2v) is 16.3. The van der Waals surface area contributed by atoms with Crippen molar-refractivity contribution >= 4 is 21.7 Å². The van der Waals surface area contributed by atoms with Crippen LogP contribution in [0.15, 0.2) is 11.0 Å². The van der Waals surface area contributed by atoms with E-state index in [-0.39, 0.29) is 10.9 Å². The number of anilines is 1. The molecule has 0 saturated carbocycles. The van der Waals surface area contributed by atoms with E-state index in [1.54, 1.807) is 0 Å². The molecule has 2 unspecified atom stereocenters. The molecule has 6 N–H and O–H groups in total. The average Bonchev–Trinajstić information content (AvgIpc) is 2.86. The predicted molar refractivity (Wildman–Crippen MR) is 113 cm³/mol. The highest BCUT2D eigenvalue weighted by molar-refractivity contribution is 7.46. The number of phosphoric ester groups is 1. The molecule has 0 aromatic carbocycles. The quantitative estimate of drug-likeness (QED) is 0.283. The summed E-state index contributed by atoms with van der Waals surface area (Å²) in [6.07, 6.45) is -3.51. The average molecular weight is 466 g/mol. The zero-order valence-electron chi connectivity index (χ0n) is 17.8. The molecule has 0 aliphatic carbocycles. The molecule has 30 heavy (non-hydrogen) atoms. The number of aliphatic hydroxyl groups excluding tert-OH is 2. The molecule has 172 valence electrons. The zero-order chi connectivity index (χ0) is 23.1. The summed E-state index contributed by atoms with van der Waals surface area (Å²) < 4.78 is 21.7. The van der Waals surface area contributed by atoms with Gasteiger partial charge in [-0.25, -0.2) is 9.36 Å². The van der Waals surface area contributed by atoms with Crippen LogP contribution in [0.25, 0.3) is 0 Å². The van der Waals surface area contributed by atoms with Crippen molar-refractivity contribution in [2.24, 2.45) is 0 Å². The molecule has 1 aromatic rings. The lowest BCUT2D eigenvalue weighted by Gasteiger charge is -2.37. The summed E-state index contributed by atoms with van der Waals surface area (Å²) in [6, 6.07) is 0.899. The van der Waals surface area contributed by atoms with E-state index in [1.807, 2.05) is 0 Å². The van der Waals surface area contributed by atoms with E-state index in [4.69, 9.17) is 20.3 Å². The van der Waals surface area contributed by atoms with Crippen molar-refractivity contribution in [2.45, 2.75) is 75.9 Å². The summed E-state index contributed by atoms with van der Waals surface area (Å²) in [5.74, 6) is 0.101.